The predicted molar refractivity (Wildman–Crippen MR) is 139 cm³/mol. The van der Waals surface area contributed by atoms with E-state index in [1.807, 2.05) is 36.1 Å². The summed E-state index contributed by atoms with van der Waals surface area (Å²) in [5.74, 6) is 1.90. The van der Waals surface area contributed by atoms with Crippen LogP contribution in [0.1, 0.15) is 47.8 Å². The van der Waals surface area contributed by atoms with Crippen molar-refractivity contribution in [2.45, 2.75) is 58.1 Å². The molecule has 3 aromatic rings. The topological polar surface area (TPSA) is 68.1 Å². The first-order chi connectivity index (χ1) is 17.6. The van der Waals surface area contributed by atoms with Gasteiger partial charge in [0.15, 0.2) is 0 Å². The van der Waals surface area contributed by atoms with Gasteiger partial charge in [0.25, 0.3) is 0 Å². The second-order valence-corrected chi connectivity index (χ2v) is 11.4. The number of aromatic nitrogens is 4. The molecule has 1 N–H and O–H groups in total. The highest BCUT2D eigenvalue weighted by molar-refractivity contribution is 5.88. The normalized spacial score (nSPS) is 29.7. The van der Waals surface area contributed by atoms with E-state index in [0.29, 0.717) is 24.5 Å². The fourth-order valence-electron chi connectivity index (χ4n) is 6.51. The lowest BCUT2D eigenvalue weighted by molar-refractivity contribution is -0.0762. The molecule has 2 aromatic heterocycles. The number of fused-ring (bicyclic) bond motifs is 2. The van der Waals surface area contributed by atoms with Crippen molar-refractivity contribution in [1.82, 2.24) is 24.9 Å². The molecule has 7 nitrogen and oxygen atoms in total. The number of hydrogen-bond donors (Lipinski definition) is 1. The zero-order valence-corrected chi connectivity index (χ0v) is 21.3. The molecule has 7 heteroatoms. The minimum atomic E-state index is -1.27. The third-order valence-electron chi connectivity index (χ3n) is 8.18. The van der Waals surface area contributed by atoms with Crippen LogP contribution in [0.15, 0.2) is 30.5 Å². The molecule has 0 spiro atoms. The molecule has 4 heterocycles. The molecule has 0 bridgehead atoms. The van der Waals surface area contributed by atoms with E-state index in [9.17, 15) is 0 Å². The monoisotopic (exact) mass is 476 g/mol. The van der Waals surface area contributed by atoms with Gasteiger partial charge in [0, 0.05) is 59.2 Å². The summed E-state index contributed by atoms with van der Waals surface area (Å²) >= 11 is 0. The standard InChI is InChI=1S/C28H38N6O/c1-18-23(5-6-26-24(18)17-33(4)32-26)25-7-8-27(31-30-25)29-22-11-20-15-34(16-21(20)12-22)14-19-9-10-35-28(2,3)13-19/h5-8,17,19-22H,9-16H2,1-4H3,(H,29,31)/t19?,20-,21+,22?/i14D2. The zero-order chi connectivity index (χ0) is 25.9. The molecule has 0 radical (unpaired) electrons. The van der Waals surface area contributed by atoms with E-state index in [4.69, 9.17) is 7.48 Å². The summed E-state index contributed by atoms with van der Waals surface area (Å²) in [7, 11) is 1.94. The summed E-state index contributed by atoms with van der Waals surface area (Å²) < 4.78 is 25.6. The Balaban J connectivity index is 1.07. The van der Waals surface area contributed by atoms with Crippen LogP contribution < -0.4 is 5.32 Å². The molecule has 1 saturated carbocycles. The number of nitrogens with zero attached hydrogens (tertiary/aromatic N) is 5. The number of benzene rings is 1. The van der Waals surface area contributed by atoms with Gasteiger partial charge in [0.1, 0.15) is 5.82 Å². The van der Waals surface area contributed by atoms with Crippen LogP contribution in [-0.2, 0) is 11.8 Å². The smallest absolute Gasteiger partial charge is 0.148 e. The Bertz CT molecular complexity index is 1280. The number of nitrogens with one attached hydrogen (secondary N) is 1. The van der Waals surface area contributed by atoms with Gasteiger partial charge in [-0.25, -0.2) is 0 Å². The van der Waals surface area contributed by atoms with Crippen molar-refractivity contribution in [2.24, 2.45) is 24.8 Å². The number of anilines is 1. The van der Waals surface area contributed by atoms with Gasteiger partial charge in [0.2, 0.25) is 0 Å². The molecule has 186 valence electrons. The minimum absolute atomic E-state index is 0.0280. The highest BCUT2D eigenvalue weighted by atomic mass is 16.5. The Labute approximate surface area is 211 Å². The van der Waals surface area contributed by atoms with Crippen molar-refractivity contribution >= 4 is 16.7 Å². The fourth-order valence-corrected chi connectivity index (χ4v) is 6.51. The Morgan fingerprint density at radius 1 is 1.14 bits per heavy atom. The quantitative estimate of drug-likeness (QED) is 0.577. The summed E-state index contributed by atoms with van der Waals surface area (Å²) in [5.41, 5.74) is 3.87. The van der Waals surface area contributed by atoms with Crippen LogP contribution in [0.5, 0.6) is 0 Å². The summed E-state index contributed by atoms with van der Waals surface area (Å²) in [6.07, 6.45) is 5.73. The third-order valence-corrected chi connectivity index (χ3v) is 8.18. The van der Waals surface area contributed by atoms with E-state index in [-0.39, 0.29) is 11.5 Å². The highest BCUT2D eigenvalue weighted by Crippen LogP contribution is 2.40. The van der Waals surface area contributed by atoms with Crippen LogP contribution in [0.2, 0.25) is 0 Å². The molecule has 2 aliphatic heterocycles. The van der Waals surface area contributed by atoms with Crippen LogP contribution in [0.3, 0.4) is 0 Å². The van der Waals surface area contributed by atoms with E-state index in [1.54, 1.807) is 0 Å². The van der Waals surface area contributed by atoms with Gasteiger partial charge < -0.3 is 15.0 Å². The van der Waals surface area contributed by atoms with Crippen molar-refractivity contribution in [1.29, 1.82) is 0 Å². The lowest BCUT2D eigenvalue weighted by atomic mass is 9.88. The van der Waals surface area contributed by atoms with Crippen LogP contribution in [0.25, 0.3) is 22.2 Å². The van der Waals surface area contributed by atoms with Crippen LogP contribution in [0.4, 0.5) is 5.82 Å². The second kappa shape index (κ2) is 8.86. The van der Waals surface area contributed by atoms with E-state index in [0.717, 1.165) is 72.3 Å². The first kappa shape index (κ1) is 20.7. The lowest BCUT2D eigenvalue weighted by Gasteiger charge is -2.37. The van der Waals surface area contributed by atoms with Crippen molar-refractivity contribution in [3.8, 4) is 11.3 Å². The van der Waals surface area contributed by atoms with Gasteiger partial charge >= 0.3 is 0 Å². The summed E-state index contributed by atoms with van der Waals surface area (Å²) in [6, 6.07) is 8.55. The van der Waals surface area contributed by atoms with Crippen LogP contribution >= 0.6 is 0 Å². The van der Waals surface area contributed by atoms with Crippen molar-refractivity contribution in [2.75, 3.05) is 31.5 Å². The molecule has 1 aliphatic carbocycles. The van der Waals surface area contributed by atoms with Gasteiger partial charge in [0.05, 0.1) is 16.8 Å². The molecule has 35 heavy (non-hydrogen) atoms. The molecule has 6 rings (SSSR count). The van der Waals surface area contributed by atoms with Gasteiger partial charge in [-0.15, -0.1) is 10.2 Å². The molecule has 3 fully saturated rings. The number of likely N-dealkylation sites (tertiary alicyclic amines) is 1. The van der Waals surface area contributed by atoms with E-state index in [1.165, 1.54) is 0 Å². The number of hydrogen-bond acceptors (Lipinski definition) is 6. The Kier molecular flexibility index (Phi) is 5.23. The molecule has 2 saturated heterocycles. The molecule has 3 aliphatic rings. The first-order valence-corrected chi connectivity index (χ1v) is 13.0. The fraction of sp³-hybridized carbons (Fsp3) is 0.607. The second-order valence-electron chi connectivity index (χ2n) is 11.4. The maximum absolute atomic E-state index is 8.95. The molecule has 0 amide bonds. The molecular weight excluding hydrogens is 436 g/mol. The predicted octanol–water partition coefficient (Wildman–Crippen LogP) is 4.67. The zero-order valence-electron chi connectivity index (χ0n) is 23.3. The molecule has 4 atom stereocenters. The number of ether oxygens (including phenoxy) is 1. The van der Waals surface area contributed by atoms with E-state index >= 15 is 0 Å². The Hall–Kier alpha value is -2.51. The summed E-state index contributed by atoms with van der Waals surface area (Å²) in [5, 5.41) is 18.3. The van der Waals surface area contributed by atoms with Gasteiger partial charge in [-0.1, -0.05) is 6.07 Å². The minimum Gasteiger partial charge on any atom is -0.376 e. The summed E-state index contributed by atoms with van der Waals surface area (Å²) in [6.45, 7) is 7.34. The molecule has 1 aromatic carbocycles. The van der Waals surface area contributed by atoms with Crippen LogP contribution in [0, 0.1) is 24.7 Å². The largest absolute Gasteiger partial charge is 0.376 e. The first-order valence-electron chi connectivity index (χ1n) is 14.0. The van der Waals surface area contributed by atoms with E-state index < -0.39 is 6.50 Å². The highest BCUT2D eigenvalue weighted by Gasteiger charge is 2.42. The average Bonchev–Trinajstić information content (AvgIpc) is 3.52. The van der Waals surface area contributed by atoms with Crippen molar-refractivity contribution in [3.05, 3.63) is 36.0 Å². The SMILES string of the molecule is [2H]C([2H])(C1CCOC(C)(C)C1)N1C[C@H]2CC(Nc3ccc(-c4ccc5nn(C)cc5c4C)nn3)C[C@H]2C1. The van der Waals surface area contributed by atoms with Crippen molar-refractivity contribution < 1.29 is 7.48 Å². The van der Waals surface area contributed by atoms with Gasteiger partial charge in [-0.3, -0.25) is 4.68 Å². The van der Waals surface area contributed by atoms with E-state index in [2.05, 4.69) is 52.4 Å². The summed E-state index contributed by atoms with van der Waals surface area (Å²) in [4.78, 5) is 2.13. The number of rotatable bonds is 5. The average molecular weight is 477 g/mol. The molecular formula is C28H38N6O. The maximum atomic E-state index is 8.95. The Morgan fingerprint density at radius 2 is 1.94 bits per heavy atom. The van der Waals surface area contributed by atoms with Crippen molar-refractivity contribution in [3.63, 3.8) is 0 Å². The molecule has 2 unspecified atom stereocenters. The maximum Gasteiger partial charge on any atom is 0.148 e. The Morgan fingerprint density at radius 3 is 2.66 bits per heavy atom. The number of aryl methyl sites for hydroxylation is 2. The lowest BCUT2D eigenvalue weighted by Crippen LogP contribution is -2.39. The third kappa shape index (κ3) is 4.68. The van der Waals surface area contributed by atoms with Gasteiger partial charge in [-0.05, 0) is 88.0 Å². The van der Waals surface area contributed by atoms with Gasteiger partial charge in [-0.2, -0.15) is 5.10 Å². The van der Waals surface area contributed by atoms with Crippen LogP contribution in [-0.4, -0.2) is 62.7 Å².